The SMILES string of the molecule is CCNC(=NCC(C)Cn1cccn1)N(C)Cc1cccc(F)c1.I. The highest BCUT2D eigenvalue weighted by Crippen LogP contribution is 2.07. The lowest BCUT2D eigenvalue weighted by molar-refractivity contribution is 0.443. The van der Waals surface area contributed by atoms with Crippen molar-refractivity contribution in [1.29, 1.82) is 0 Å². The Kier molecular flexibility index (Phi) is 9.48. The first kappa shape index (κ1) is 21.4. The molecule has 1 unspecified atom stereocenters. The molecule has 0 saturated carbocycles. The minimum Gasteiger partial charge on any atom is -0.357 e. The highest BCUT2D eigenvalue weighted by atomic mass is 127. The Morgan fingerprint density at radius 3 is 2.84 bits per heavy atom. The maximum Gasteiger partial charge on any atom is 0.193 e. The van der Waals surface area contributed by atoms with Gasteiger partial charge in [0.05, 0.1) is 0 Å². The number of benzene rings is 1. The van der Waals surface area contributed by atoms with Crippen LogP contribution < -0.4 is 5.32 Å². The maximum absolute atomic E-state index is 13.3. The molecule has 1 heterocycles. The van der Waals surface area contributed by atoms with Crippen molar-refractivity contribution in [2.45, 2.75) is 26.9 Å². The van der Waals surface area contributed by atoms with Crippen molar-refractivity contribution in [2.24, 2.45) is 10.9 Å². The van der Waals surface area contributed by atoms with E-state index in [9.17, 15) is 4.39 Å². The van der Waals surface area contributed by atoms with Gasteiger partial charge in [-0.15, -0.1) is 24.0 Å². The monoisotopic (exact) mass is 459 g/mol. The number of hydrogen-bond acceptors (Lipinski definition) is 2. The lowest BCUT2D eigenvalue weighted by Crippen LogP contribution is -2.38. The number of rotatable bonds is 7. The summed E-state index contributed by atoms with van der Waals surface area (Å²) in [4.78, 5) is 6.72. The average molecular weight is 459 g/mol. The first-order chi connectivity index (χ1) is 11.6. The Bertz CT molecular complexity index is 645. The molecule has 138 valence electrons. The minimum absolute atomic E-state index is 0. The fraction of sp³-hybridized carbons (Fsp3) is 0.444. The summed E-state index contributed by atoms with van der Waals surface area (Å²) in [6, 6.07) is 8.59. The van der Waals surface area contributed by atoms with Crippen LogP contribution in [0.1, 0.15) is 19.4 Å². The van der Waals surface area contributed by atoms with Gasteiger partial charge in [-0.25, -0.2) is 4.39 Å². The standard InChI is InChI=1S/C18H26FN5.HI/c1-4-20-18(21-12-15(2)13-24-10-6-9-22-24)23(3)14-16-7-5-8-17(19)11-16;/h5-11,15H,4,12-14H2,1-3H3,(H,20,21);1H. The second-order valence-corrected chi connectivity index (χ2v) is 6.01. The van der Waals surface area contributed by atoms with Crippen molar-refractivity contribution in [2.75, 3.05) is 20.1 Å². The molecule has 0 amide bonds. The summed E-state index contributed by atoms with van der Waals surface area (Å²) < 4.78 is 15.2. The van der Waals surface area contributed by atoms with Gasteiger partial charge >= 0.3 is 0 Å². The Morgan fingerprint density at radius 2 is 2.20 bits per heavy atom. The fourth-order valence-electron chi connectivity index (χ4n) is 2.48. The zero-order valence-electron chi connectivity index (χ0n) is 15.0. The average Bonchev–Trinajstić information content (AvgIpc) is 3.04. The van der Waals surface area contributed by atoms with Crippen molar-refractivity contribution in [3.63, 3.8) is 0 Å². The molecule has 0 aliphatic heterocycles. The third-order valence-corrected chi connectivity index (χ3v) is 3.62. The van der Waals surface area contributed by atoms with Gasteiger partial charge in [0.25, 0.3) is 0 Å². The van der Waals surface area contributed by atoms with Crippen LogP contribution in [0.2, 0.25) is 0 Å². The number of aromatic nitrogens is 2. The van der Waals surface area contributed by atoms with E-state index in [0.717, 1.165) is 24.6 Å². The topological polar surface area (TPSA) is 45.5 Å². The van der Waals surface area contributed by atoms with Crippen LogP contribution in [0.15, 0.2) is 47.7 Å². The molecule has 1 aromatic carbocycles. The van der Waals surface area contributed by atoms with E-state index in [0.29, 0.717) is 19.0 Å². The fourth-order valence-corrected chi connectivity index (χ4v) is 2.48. The molecule has 1 aromatic heterocycles. The van der Waals surface area contributed by atoms with Crippen LogP contribution in [-0.4, -0.2) is 40.8 Å². The smallest absolute Gasteiger partial charge is 0.193 e. The van der Waals surface area contributed by atoms with E-state index in [2.05, 4.69) is 17.3 Å². The molecule has 0 aliphatic carbocycles. The van der Waals surface area contributed by atoms with E-state index in [4.69, 9.17) is 4.99 Å². The van der Waals surface area contributed by atoms with E-state index >= 15 is 0 Å². The third-order valence-electron chi connectivity index (χ3n) is 3.62. The zero-order chi connectivity index (χ0) is 17.4. The van der Waals surface area contributed by atoms with Gasteiger partial charge in [-0.2, -0.15) is 5.10 Å². The van der Waals surface area contributed by atoms with Crippen molar-refractivity contribution < 1.29 is 4.39 Å². The van der Waals surface area contributed by atoms with Crippen LogP contribution >= 0.6 is 24.0 Å². The summed E-state index contributed by atoms with van der Waals surface area (Å²) in [5, 5.41) is 7.52. The van der Waals surface area contributed by atoms with Crippen molar-refractivity contribution in [3.05, 3.63) is 54.1 Å². The number of guanidine groups is 1. The minimum atomic E-state index is -0.212. The summed E-state index contributed by atoms with van der Waals surface area (Å²) in [7, 11) is 1.96. The normalized spacial score (nSPS) is 12.4. The van der Waals surface area contributed by atoms with Gasteiger partial charge in [-0.3, -0.25) is 9.67 Å². The van der Waals surface area contributed by atoms with Crippen LogP contribution in [0, 0.1) is 11.7 Å². The molecule has 0 bridgehead atoms. The molecule has 2 aromatic rings. The Morgan fingerprint density at radius 1 is 1.40 bits per heavy atom. The highest BCUT2D eigenvalue weighted by molar-refractivity contribution is 14.0. The first-order valence-corrected chi connectivity index (χ1v) is 8.29. The zero-order valence-corrected chi connectivity index (χ0v) is 17.4. The molecular formula is C18H27FIN5. The molecule has 25 heavy (non-hydrogen) atoms. The van der Waals surface area contributed by atoms with Gasteiger partial charge < -0.3 is 10.2 Å². The van der Waals surface area contributed by atoms with Gasteiger partial charge in [-0.05, 0) is 36.6 Å². The van der Waals surface area contributed by atoms with Crippen LogP contribution in [0.5, 0.6) is 0 Å². The largest absolute Gasteiger partial charge is 0.357 e. The van der Waals surface area contributed by atoms with Gasteiger partial charge in [0, 0.05) is 45.6 Å². The molecule has 5 nitrogen and oxygen atoms in total. The summed E-state index contributed by atoms with van der Waals surface area (Å²) in [5.74, 6) is 0.992. The van der Waals surface area contributed by atoms with E-state index in [1.807, 2.05) is 41.9 Å². The summed E-state index contributed by atoms with van der Waals surface area (Å²) >= 11 is 0. The molecule has 0 spiro atoms. The van der Waals surface area contributed by atoms with Crippen LogP contribution in [0.4, 0.5) is 4.39 Å². The predicted octanol–water partition coefficient (Wildman–Crippen LogP) is 3.37. The maximum atomic E-state index is 13.3. The number of aliphatic imine (C=N–C) groups is 1. The predicted molar refractivity (Wildman–Crippen MR) is 111 cm³/mol. The van der Waals surface area contributed by atoms with E-state index in [1.165, 1.54) is 6.07 Å². The molecule has 0 aliphatic rings. The number of hydrogen-bond donors (Lipinski definition) is 1. The Labute approximate surface area is 166 Å². The third kappa shape index (κ3) is 7.41. The molecule has 1 atom stereocenters. The number of nitrogens with one attached hydrogen (secondary N) is 1. The lowest BCUT2D eigenvalue weighted by atomic mass is 10.2. The second kappa shape index (κ2) is 11.1. The van der Waals surface area contributed by atoms with E-state index in [1.54, 1.807) is 18.3 Å². The first-order valence-electron chi connectivity index (χ1n) is 8.29. The molecule has 0 saturated heterocycles. The number of nitrogens with zero attached hydrogens (tertiary/aromatic N) is 4. The van der Waals surface area contributed by atoms with Gasteiger partial charge in [0.1, 0.15) is 5.82 Å². The molecular weight excluding hydrogens is 432 g/mol. The second-order valence-electron chi connectivity index (χ2n) is 6.01. The van der Waals surface area contributed by atoms with E-state index < -0.39 is 0 Å². The lowest BCUT2D eigenvalue weighted by Gasteiger charge is -2.23. The van der Waals surface area contributed by atoms with Crippen molar-refractivity contribution in [3.8, 4) is 0 Å². The van der Waals surface area contributed by atoms with E-state index in [-0.39, 0.29) is 29.8 Å². The Hall–Kier alpha value is -1.64. The quantitative estimate of drug-likeness (QED) is 0.393. The van der Waals surface area contributed by atoms with Gasteiger partial charge in [0.2, 0.25) is 0 Å². The van der Waals surface area contributed by atoms with Gasteiger partial charge in [0.15, 0.2) is 5.96 Å². The summed E-state index contributed by atoms with van der Waals surface area (Å²) in [6.45, 7) is 7.14. The van der Waals surface area contributed by atoms with Crippen LogP contribution in [0.3, 0.4) is 0 Å². The van der Waals surface area contributed by atoms with Crippen molar-refractivity contribution >= 4 is 29.9 Å². The Balaban J connectivity index is 0.00000312. The van der Waals surface area contributed by atoms with Crippen LogP contribution in [-0.2, 0) is 13.1 Å². The molecule has 1 N–H and O–H groups in total. The summed E-state index contributed by atoms with van der Waals surface area (Å²) in [5.41, 5.74) is 0.924. The molecule has 7 heteroatoms. The van der Waals surface area contributed by atoms with Gasteiger partial charge in [-0.1, -0.05) is 19.1 Å². The molecule has 0 fully saturated rings. The molecule has 0 radical (unpaired) electrons. The van der Waals surface area contributed by atoms with Crippen molar-refractivity contribution in [1.82, 2.24) is 20.0 Å². The summed E-state index contributed by atoms with van der Waals surface area (Å²) in [6.07, 6.45) is 3.74. The van der Waals surface area contributed by atoms with Crippen LogP contribution in [0.25, 0.3) is 0 Å². The molecule has 2 rings (SSSR count). The number of halogens is 2. The highest BCUT2D eigenvalue weighted by Gasteiger charge is 2.09.